The predicted octanol–water partition coefficient (Wildman–Crippen LogP) is 6.05. The van der Waals surface area contributed by atoms with Gasteiger partial charge in [-0.25, -0.2) is 5.43 Å². The minimum atomic E-state index is -0.339. The normalized spacial score (nSPS) is 11.5. The van der Waals surface area contributed by atoms with Crippen LogP contribution in [-0.4, -0.2) is 21.8 Å². The SMILES string of the molecule is C/C(=N/NC(=O)c1cc(-c2ccc(-c3ccccc3)cc2)n[nH]1)c1cccc2ccccc12. The van der Waals surface area contributed by atoms with Gasteiger partial charge >= 0.3 is 0 Å². The molecule has 0 spiro atoms. The highest BCUT2D eigenvalue weighted by Gasteiger charge is 2.12. The highest BCUT2D eigenvalue weighted by Crippen LogP contribution is 2.24. The highest BCUT2D eigenvalue weighted by molar-refractivity contribution is 6.10. The lowest BCUT2D eigenvalue weighted by molar-refractivity contribution is 0.0950. The van der Waals surface area contributed by atoms with Crippen molar-refractivity contribution in [2.45, 2.75) is 6.92 Å². The van der Waals surface area contributed by atoms with Crippen molar-refractivity contribution >= 4 is 22.4 Å². The van der Waals surface area contributed by atoms with Crippen molar-refractivity contribution in [2.75, 3.05) is 0 Å². The molecule has 0 unspecified atom stereocenters. The number of hydrogen-bond donors (Lipinski definition) is 2. The number of rotatable bonds is 5. The lowest BCUT2D eigenvalue weighted by Gasteiger charge is -2.06. The van der Waals surface area contributed by atoms with Gasteiger partial charge in [-0.1, -0.05) is 97.1 Å². The Kier molecular flexibility index (Phi) is 5.52. The quantitative estimate of drug-likeness (QED) is 0.263. The Morgan fingerprint density at radius 3 is 2.27 bits per heavy atom. The molecular formula is C28H22N4O. The van der Waals surface area contributed by atoms with E-state index in [1.54, 1.807) is 6.07 Å². The Morgan fingerprint density at radius 1 is 0.788 bits per heavy atom. The zero-order chi connectivity index (χ0) is 22.6. The first kappa shape index (κ1) is 20.4. The van der Waals surface area contributed by atoms with Gasteiger partial charge in [-0.15, -0.1) is 0 Å². The molecule has 1 amide bonds. The van der Waals surface area contributed by atoms with Crippen LogP contribution >= 0.6 is 0 Å². The van der Waals surface area contributed by atoms with Gasteiger partial charge in [0.2, 0.25) is 0 Å². The Balaban J connectivity index is 1.31. The standard InChI is InChI=1S/C28H22N4O/c1-19(24-13-7-11-22-10-5-6-12-25(22)24)29-32-28(33)27-18-26(30-31-27)23-16-14-21(15-17-23)20-8-3-2-4-9-20/h2-18H,1H3,(H,30,31)(H,32,33)/b29-19-. The van der Waals surface area contributed by atoms with Gasteiger partial charge in [0.15, 0.2) is 0 Å². The second-order valence-electron chi connectivity index (χ2n) is 7.78. The maximum absolute atomic E-state index is 12.6. The van der Waals surface area contributed by atoms with Crippen molar-refractivity contribution in [3.05, 3.63) is 114 Å². The number of nitrogens with zero attached hydrogens (tertiary/aromatic N) is 2. The number of benzene rings is 4. The summed E-state index contributed by atoms with van der Waals surface area (Å²) in [5.41, 5.74) is 8.63. The summed E-state index contributed by atoms with van der Waals surface area (Å²) in [6.45, 7) is 1.88. The fraction of sp³-hybridized carbons (Fsp3) is 0.0357. The Morgan fingerprint density at radius 2 is 1.45 bits per heavy atom. The summed E-state index contributed by atoms with van der Waals surface area (Å²) in [7, 11) is 0. The van der Waals surface area contributed by atoms with E-state index >= 15 is 0 Å². The first-order chi connectivity index (χ1) is 16.2. The number of amides is 1. The molecule has 160 valence electrons. The molecule has 5 rings (SSSR count). The van der Waals surface area contributed by atoms with Crippen molar-refractivity contribution in [1.29, 1.82) is 0 Å². The number of H-pyrrole nitrogens is 1. The Labute approximate surface area is 191 Å². The van der Waals surface area contributed by atoms with Gasteiger partial charge in [-0.2, -0.15) is 10.2 Å². The molecule has 5 aromatic rings. The smallest absolute Gasteiger partial charge is 0.272 e. The second kappa shape index (κ2) is 8.93. The molecule has 0 radical (unpaired) electrons. The monoisotopic (exact) mass is 430 g/mol. The summed E-state index contributed by atoms with van der Waals surface area (Å²) < 4.78 is 0. The van der Waals surface area contributed by atoms with Crippen molar-refractivity contribution in [2.24, 2.45) is 5.10 Å². The van der Waals surface area contributed by atoms with Crippen LogP contribution in [0.3, 0.4) is 0 Å². The maximum Gasteiger partial charge on any atom is 0.289 e. The largest absolute Gasteiger partial charge is 0.289 e. The van der Waals surface area contributed by atoms with Crippen molar-refractivity contribution < 1.29 is 4.79 Å². The molecule has 0 fully saturated rings. The molecule has 0 aliphatic carbocycles. The highest BCUT2D eigenvalue weighted by atomic mass is 16.2. The second-order valence-corrected chi connectivity index (χ2v) is 7.78. The molecular weight excluding hydrogens is 408 g/mol. The van der Waals surface area contributed by atoms with Gasteiger partial charge in [0.1, 0.15) is 5.69 Å². The Bertz CT molecular complexity index is 1450. The average molecular weight is 431 g/mol. The molecule has 4 aromatic carbocycles. The van der Waals surface area contributed by atoms with Crippen LogP contribution in [0.25, 0.3) is 33.2 Å². The third-order valence-corrected chi connectivity index (χ3v) is 5.61. The lowest BCUT2D eigenvalue weighted by atomic mass is 10.0. The van der Waals surface area contributed by atoms with E-state index in [-0.39, 0.29) is 5.91 Å². The lowest BCUT2D eigenvalue weighted by Crippen LogP contribution is -2.19. The van der Waals surface area contributed by atoms with Crippen LogP contribution < -0.4 is 5.43 Å². The van der Waals surface area contributed by atoms with Crippen molar-refractivity contribution in [3.8, 4) is 22.4 Å². The van der Waals surface area contributed by atoms with Crippen LogP contribution in [0.2, 0.25) is 0 Å². The molecule has 5 nitrogen and oxygen atoms in total. The van der Waals surface area contributed by atoms with Crippen LogP contribution in [0.1, 0.15) is 23.0 Å². The van der Waals surface area contributed by atoms with Crippen molar-refractivity contribution in [3.63, 3.8) is 0 Å². The number of fused-ring (bicyclic) bond motifs is 1. The minimum Gasteiger partial charge on any atom is -0.272 e. The maximum atomic E-state index is 12.6. The molecule has 0 aliphatic heterocycles. The molecule has 1 aromatic heterocycles. The summed E-state index contributed by atoms with van der Waals surface area (Å²) in [6, 6.07) is 34.2. The first-order valence-electron chi connectivity index (χ1n) is 10.7. The Hall–Kier alpha value is -4.51. The van der Waals surface area contributed by atoms with Gasteiger partial charge in [0.25, 0.3) is 5.91 Å². The zero-order valence-electron chi connectivity index (χ0n) is 18.1. The summed E-state index contributed by atoms with van der Waals surface area (Å²) in [5, 5.41) is 13.7. The number of carbonyl (C=O) groups excluding carboxylic acids is 1. The molecule has 2 N–H and O–H groups in total. The molecule has 0 saturated heterocycles. The zero-order valence-corrected chi connectivity index (χ0v) is 18.1. The third-order valence-electron chi connectivity index (χ3n) is 5.61. The van der Waals surface area contributed by atoms with E-state index < -0.39 is 0 Å². The molecule has 0 saturated carbocycles. The van der Waals surface area contributed by atoms with Crippen LogP contribution in [0.5, 0.6) is 0 Å². The molecule has 0 atom stereocenters. The van der Waals surface area contributed by atoms with Gasteiger partial charge < -0.3 is 0 Å². The molecule has 1 heterocycles. The van der Waals surface area contributed by atoms with Crippen LogP contribution in [0.15, 0.2) is 108 Å². The van der Waals surface area contributed by atoms with Crippen LogP contribution in [-0.2, 0) is 0 Å². The van der Waals surface area contributed by atoms with E-state index in [0.717, 1.165) is 38.7 Å². The number of hydrazone groups is 1. The average Bonchev–Trinajstić information content (AvgIpc) is 3.38. The summed E-state index contributed by atoms with van der Waals surface area (Å²) in [5.74, 6) is -0.339. The first-order valence-corrected chi connectivity index (χ1v) is 10.7. The third kappa shape index (κ3) is 4.29. The summed E-state index contributed by atoms with van der Waals surface area (Å²) in [6.07, 6.45) is 0. The van der Waals surface area contributed by atoms with Gasteiger partial charge in [-0.05, 0) is 34.9 Å². The van der Waals surface area contributed by atoms with Crippen LogP contribution in [0.4, 0.5) is 0 Å². The molecule has 0 bridgehead atoms. The van der Waals surface area contributed by atoms with E-state index in [1.165, 1.54) is 0 Å². The predicted molar refractivity (Wildman–Crippen MR) is 133 cm³/mol. The van der Waals surface area contributed by atoms with E-state index in [9.17, 15) is 4.79 Å². The van der Waals surface area contributed by atoms with Crippen molar-refractivity contribution in [1.82, 2.24) is 15.6 Å². The van der Waals surface area contributed by atoms with E-state index in [1.807, 2.05) is 61.5 Å². The van der Waals surface area contributed by atoms with Gasteiger partial charge in [0.05, 0.1) is 11.4 Å². The number of aromatic nitrogens is 2. The van der Waals surface area contributed by atoms with Gasteiger partial charge in [-0.3, -0.25) is 9.89 Å². The summed E-state index contributed by atoms with van der Waals surface area (Å²) in [4.78, 5) is 12.6. The summed E-state index contributed by atoms with van der Waals surface area (Å²) >= 11 is 0. The fourth-order valence-electron chi connectivity index (χ4n) is 3.85. The fourth-order valence-corrected chi connectivity index (χ4v) is 3.85. The number of carbonyl (C=O) groups is 1. The topological polar surface area (TPSA) is 70.1 Å². The van der Waals surface area contributed by atoms with Crippen LogP contribution in [0, 0.1) is 0 Å². The number of aromatic amines is 1. The molecule has 5 heteroatoms. The molecule has 0 aliphatic rings. The minimum absolute atomic E-state index is 0.339. The van der Waals surface area contributed by atoms with E-state index in [2.05, 4.69) is 63.2 Å². The number of nitrogens with one attached hydrogen (secondary N) is 2. The number of hydrogen-bond acceptors (Lipinski definition) is 3. The molecule has 33 heavy (non-hydrogen) atoms. The van der Waals surface area contributed by atoms with E-state index in [4.69, 9.17) is 0 Å². The van der Waals surface area contributed by atoms with Gasteiger partial charge in [0, 0.05) is 11.1 Å². The van der Waals surface area contributed by atoms with E-state index in [0.29, 0.717) is 11.4 Å².